The molecule has 1 saturated heterocycles. The van der Waals surface area contributed by atoms with Crippen LogP contribution < -0.4 is 10.1 Å². The smallest absolute Gasteiger partial charge is 0.193 e. The van der Waals surface area contributed by atoms with Crippen LogP contribution in [0.25, 0.3) is 0 Å². The van der Waals surface area contributed by atoms with Gasteiger partial charge in [-0.15, -0.1) is 0 Å². The Morgan fingerprint density at radius 1 is 1.11 bits per heavy atom. The van der Waals surface area contributed by atoms with Gasteiger partial charge in [0, 0.05) is 38.9 Å². The molecule has 1 N–H and O–H groups in total. The molecule has 1 aliphatic heterocycles. The van der Waals surface area contributed by atoms with E-state index in [9.17, 15) is 4.39 Å². The molecule has 1 heterocycles. The summed E-state index contributed by atoms with van der Waals surface area (Å²) in [6.45, 7) is 5.17. The number of piperidine rings is 1. The van der Waals surface area contributed by atoms with Crippen molar-refractivity contribution in [2.24, 2.45) is 4.99 Å². The summed E-state index contributed by atoms with van der Waals surface area (Å²) in [5.41, 5.74) is 0.941. The molecule has 0 spiro atoms. The van der Waals surface area contributed by atoms with Crippen LogP contribution in [-0.2, 0) is 11.3 Å². The first-order valence-electron chi connectivity index (χ1n) is 9.78. The summed E-state index contributed by atoms with van der Waals surface area (Å²) in [6.07, 6.45) is 2.34. The second kappa shape index (κ2) is 10.1. The predicted octanol–water partition coefficient (Wildman–Crippen LogP) is 4.19. The van der Waals surface area contributed by atoms with Crippen LogP contribution in [0.15, 0.2) is 53.5 Å². The van der Waals surface area contributed by atoms with Gasteiger partial charge in [-0.05, 0) is 38.0 Å². The molecular formula is C22H28FN3O2. The molecule has 6 heteroatoms. The third-order valence-electron chi connectivity index (χ3n) is 4.82. The molecule has 2 aromatic carbocycles. The van der Waals surface area contributed by atoms with Crippen LogP contribution in [0.3, 0.4) is 0 Å². The normalized spacial score (nSPS) is 15.5. The van der Waals surface area contributed by atoms with Crippen LogP contribution in [-0.4, -0.2) is 43.7 Å². The Labute approximate surface area is 166 Å². The number of guanidine groups is 1. The highest BCUT2D eigenvalue weighted by molar-refractivity contribution is 5.80. The molecule has 0 saturated carbocycles. The molecular weight excluding hydrogens is 357 g/mol. The molecule has 3 rings (SSSR count). The van der Waals surface area contributed by atoms with E-state index in [-0.39, 0.29) is 11.6 Å². The number of halogens is 1. The van der Waals surface area contributed by atoms with Crippen LogP contribution in [0, 0.1) is 5.82 Å². The maximum atomic E-state index is 13.9. The van der Waals surface area contributed by atoms with E-state index < -0.39 is 0 Å². The van der Waals surface area contributed by atoms with E-state index in [0.29, 0.717) is 18.4 Å². The van der Waals surface area contributed by atoms with Crippen molar-refractivity contribution in [3.05, 3.63) is 59.9 Å². The molecule has 0 amide bonds. The number of nitrogens with one attached hydrogen (secondary N) is 1. The molecule has 0 radical (unpaired) electrons. The number of hydrogen-bond donors (Lipinski definition) is 1. The number of likely N-dealkylation sites (tertiary alicyclic amines) is 1. The number of nitrogens with zero attached hydrogens (tertiary/aromatic N) is 2. The van der Waals surface area contributed by atoms with E-state index in [4.69, 9.17) is 9.47 Å². The van der Waals surface area contributed by atoms with Gasteiger partial charge in [0.15, 0.2) is 17.5 Å². The summed E-state index contributed by atoms with van der Waals surface area (Å²) in [4.78, 5) is 6.66. The van der Waals surface area contributed by atoms with E-state index in [1.54, 1.807) is 25.2 Å². The minimum absolute atomic E-state index is 0.220. The quantitative estimate of drug-likeness (QED) is 0.598. The first-order valence-corrected chi connectivity index (χ1v) is 9.78. The summed E-state index contributed by atoms with van der Waals surface area (Å²) in [6, 6.07) is 14.1. The van der Waals surface area contributed by atoms with Gasteiger partial charge in [-0.25, -0.2) is 4.39 Å². The molecule has 1 aliphatic rings. The summed E-state index contributed by atoms with van der Waals surface area (Å²) in [7, 11) is 1.79. The van der Waals surface area contributed by atoms with Gasteiger partial charge in [0.05, 0.1) is 6.10 Å². The van der Waals surface area contributed by atoms with Gasteiger partial charge in [-0.2, -0.15) is 0 Å². The molecule has 0 aromatic heterocycles. The lowest BCUT2D eigenvalue weighted by molar-refractivity contribution is 0.0263. The zero-order valence-corrected chi connectivity index (χ0v) is 16.5. The highest BCUT2D eigenvalue weighted by Crippen LogP contribution is 2.27. The predicted molar refractivity (Wildman–Crippen MR) is 109 cm³/mol. The molecule has 0 bridgehead atoms. The van der Waals surface area contributed by atoms with Crippen molar-refractivity contribution < 1.29 is 13.9 Å². The van der Waals surface area contributed by atoms with Crippen molar-refractivity contribution >= 4 is 5.96 Å². The number of rotatable bonds is 6. The Balaban J connectivity index is 1.62. The minimum atomic E-state index is -0.377. The lowest BCUT2D eigenvalue weighted by Crippen LogP contribution is -2.46. The lowest BCUT2D eigenvalue weighted by Gasteiger charge is -2.34. The molecule has 150 valence electrons. The van der Waals surface area contributed by atoms with Gasteiger partial charge in [0.25, 0.3) is 0 Å². The number of hydrogen-bond acceptors (Lipinski definition) is 3. The zero-order valence-electron chi connectivity index (χ0n) is 16.5. The Kier molecular flexibility index (Phi) is 7.25. The summed E-state index contributed by atoms with van der Waals surface area (Å²) >= 11 is 0. The first-order chi connectivity index (χ1) is 13.7. The standard InChI is InChI=1S/C22H28FN3O2/c1-3-27-18-12-14-26(15-13-18)22(24-2)25-16-17-8-4-6-10-20(17)28-21-11-7-5-9-19(21)23/h4-11,18H,3,12-16H2,1-2H3,(H,24,25). The molecule has 0 atom stereocenters. The maximum Gasteiger partial charge on any atom is 0.193 e. The van der Waals surface area contributed by atoms with Crippen molar-refractivity contribution in [1.29, 1.82) is 0 Å². The SMILES string of the molecule is CCOC1CCN(C(=NC)NCc2ccccc2Oc2ccccc2F)CC1. The average molecular weight is 385 g/mol. The fourth-order valence-electron chi connectivity index (χ4n) is 3.37. The monoisotopic (exact) mass is 385 g/mol. The molecule has 5 nitrogen and oxygen atoms in total. The summed E-state index contributed by atoms with van der Waals surface area (Å²) < 4.78 is 25.5. The summed E-state index contributed by atoms with van der Waals surface area (Å²) in [5.74, 6) is 1.33. The van der Waals surface area contributed by atoms with E-state index in [1.165, 1.54) is 6.07 Å². The fraction of sp³-hybridized carbons (Fsp3) is 0.409. The van der Waals surface area contributed by atoms with Crippen LogP contribution in [0.2, 0.25) is 0 Å². The van der Waals surface area contributed by atoms with Gasteiger partial charge in [0.2, 0.25) is 0 Å². The number of ether oxygens (including phenoxy) is 2. The van der Waals surface area contributed by atoms with Gasteiger partial charge >= 0.3 is 0 Å². The highest BCUT2D eigenvalue weighted by Gasteiger charge is 2.21. The Morgan fingerprint density at radius 3 is 2.46 bits per heavy atom. The van der Waals surface area contributed by atoms with Crippen LogP contribution in [0.5, 0.6) is 11.5 Å². The Bertz CT molecular complexity index is 789. The third-order valence-corrected chi connectivity index (χ3v) is 4.82. The van der Waals surface area contributed by atoms with Crippen LogP contribution in [0.1, 0.15) is 25.3 Å². The van der Waals surface area contributed by atoms with E-state index in [0.717, 1.165) is 44.1 Å². The third kappa shape index (κ3) is 5.23. The molecule has 2 aromatic rings. The highest BCUT2D eigenvalue weighted by atomic mass is 19.1. The average Bonchev–Trinajstić information content (AvgIpc) is 2.72. The van der Waals surface area contributed by atoms with Crippen molar-refractivity contribution in [2.75, 3.05) is 26.7 Å². The lowest BCUT2D eigenvalue weighted by atomic mass is 10.1. The van der Waals surface area contributed by atoms with Crippen molar-refractivity contribution in [1.82, 2.24) is 10.2 Å². The van der Waals surface area contributed by atoms with E-state index in [2.05, 4.69) is 15.2 Å². The summed E-state index contributed by atoms with van der Waals surface area (Å²) in [5, 5.41) is 3.40. The number of benzene rings is 2. The van der Waals surface area contributed by atoms with E-state index in [1.807, 2.05) is 31.2 Å². The second-order valence-electron chi connectivity index (χ2n) is 6.68. The largest absolute Gasteiger partial charge is 0.454 e. The Hall–Kier alpha value is -2.60. The van der Waals surface area contributed by atoms with Gasteiger partial charge in [-0.1, -0.05) is 30.3 Å². The first kappa shape index (κ1) is 20.1. The molecule has 0 unspecified atom stereocenters. The second-order valence-corrected chi connectivity index (χ2v) is 6.68. The zero-order chi connectivity index (χ0) is 19.8. The van der Waals surface area contributed by atoms with Crippen molar-refractivity contribution in [2.45, 2.75) is 32.4 Å². The van der Waals surface area contributed by atoms with Gasteiger partial charge in [0.1, 0.15) is 5.75 Å². The molecule has 28 heavy (non-hydrogen) atoms. The number of para-hydroxylation sites is 2. The Morgan fingerprint density at radius 2 is 1.79 bits per heavy atom. The minimum Gasteiger partial charge on any atom is -0.454 e. The number of aliphatic imine (C=N–C) groups is 1. The van der Waals surface area contributed by atoms with Crippen molar-refractivity contribution in [3.63, 3.8) is 0 Å². The van der Waals surface area contributed by atoms with Gasteiger partial charge < -0.3 is 19.7 Å². The van der Waals surface area contributed by atoms with E-state index >= 15 is 0 Å². The van der Waals surface area contributed by atoms with Crippen LogP contribution >= 0.6 is 0 Å². The van der Waals surface area contributed by atoms with Gasteiger partial charge in [-0.3, -0.25) is 4.99 Å². The van der Waals surface area contributed by atoms with Crippen LogP contribution in [0.4, 0.5) is 4.39 Å². The molecule has 0 aliphatic carbocycles. The topological polar surface area (TPSA) is 46.1 Å². The maximum absolute atomic E-state index is 13.9. The van der Waals surface area contributed by atoms with Crippen molar-refractivity contribution in [3.8, 4) is 11.5 Å². The fourth-order valence-corrected chi connectivity index (χ4v) is 3.37. The molecule has 1 fully saturated rings.